The third-order valence-electron chi connectivity index (χ3n) is 4.76. The number of H-pyrrole nitrogens is 1. The van der Waals surface area contributed by atoms with E-state index in [1.54, 1.807) is 24.7 Å². The van der Waals surface area contributed by atoms with Gasteiger partial charge in [0, 0.05) is 40.8 Å². The molecule has 5 rings (SSSR count). The molecule has 0 atom stereocenters. The van der Waals surface area contributed by atoms with Crippen LogP contribution in [-0.4, -0.2) is 24.9 Å². The number of benzene rings is 1. The predicted octanol–water partition coefficient (Wildman–Crippen LogP) is 5.20. The maximum absolute atomic E-state index is 14.6. The van der Waals surface area contributed by atoms with Gasteiger partial charge >= 0.3 is 0 Å². The lowest BCUT2D eigenvalue weighted by Crippen LogP contribution is -1.94. The third-order valence-corrected chi connectivity index (χ3v) is 4.76. The lowest BCUT2D eigenvalue weighted by atomic mass is 10.0. The smallest absolute Gasteiger partial charge is 0.178 e. The molecule has 0 aliphatic heterocycles. The van der Waals surface area contributed by atoms with Crippen LogP contribution in [0.5, 0.6) is 0 Å². The van der Waals surface area contributed by atoms with Crippen LogP contribution in [-0.2, 0) is 0 Å². The van der Waals surface area contributed by atoms with Gasteiger partial charge in [-0.3, -0.25) is 9.97 Å². The molecule has 0 spiro atoms. The quantitative estimate of drug-likeness (QED) is 0.467. The molecule has 0 saturated heterocycles. The van der Waals surface area contributed by atoms with Gasteiger partial charge in [-0.25, -0.2) is 14.4 Å². The van der Waals surface area contributed by atoms with Crippen molar-refractivity contribution < 1.29 is 4.39 Å². The van der Waals surface area contributed by atoms with Crippen molar-refractivity contribution in [3.05, 3.63) is 84.7 Å². The van der Waals surface area contributed by atoms with E-state index in [-0.39, 0.29) is 0 Å². The number of fused-ring (bicyclic) bond motifs is 1. The van der Waals surface area contributed by atoms with E-state index in [1.165, 1.54) is 6.20 Å². The van der Waals surface area contributed by atoms with E-state index < -0.39 is 5.82 Å². The van der Waals surface area contributed by atoms with Crippen LogP contribution in [0.25, 0.3) is 44.9 Å². The highest BCUT2D eigenvalue weighted by Crippen LogP contribution is 2.34. The van der Waals surface area contributed by atoms with Gasteiger partial charge in [0.05, 0.1) is 17.4 Å². The molecule has 0 amide bonds. The summed E-state index contributed by atoms with van der Waals surface area (Å²) >= 11 is 0. The van der Waals surface area contributed by atoms with Crippen LogP contribution in [0.4, 0.5) is 4.39 Å². The number of hydrogen-bond acceptors (Lipinski definition) is 4. The van der Waals surface area contributed by atoms with Gasteiger partial charge in [0.1, 0.15) is 11.6 Å². The Morgan fingerprint density at radius 3 is 2.48 bits per heavy atom. The first-order chi connectivity index (χ1) is 14.2. The number of imidazole rings is 1. The first-order valence-electron chi connectivity index (χ1n) is 9.17. The van der Waals surface area contributed by atoms with Gasteiger partial charge in [0.2, 0.25) is 0 Å². The number of aryl methyl sites for hydroxylation is 1. The van der Waals surface area contributed by atoms with Crippen LogP contribution < -0.4 is 0 Å². The summed E-state index contributed by atoms with van der Waals surface area (Å²) in [6.45, 7) is 2.04. The third kappa shape index (κ3) is 3.14. The van der Waals surface area contributed by atoms with Crippen molar-refractivity contribution in [2.24, 2.45) is 0 Å². The summed E-state index contributed by atoms with van der Waals surface area (Å²) in [5, 5.41) is 0. The Morgan fingerprint density at radius 2 is 1.69 bits per heavy atom. The monoisotopic (exact) mass is 381 g/mol. The second-order valence-corrected chi connectivity index (χ2v) is 6.81. The molecule has 140 valence electrons. The molecule has 5 nitrogen and oxygen atoms in total. The number of hydrogen-bond donors (Lipinski definition) is 1. The number of aromatic nitrogens is 5. The van der Waals surface area contributed by atoms with E-state index in [0.717, 1.165) is 28.0 Å². The lowest BCUT2D eigenvalue weighted by Gasteiger charge is -2.09. The number of nitrogens with zero attached hydrogens (tertiary/aromatic N) is 4. The van der Waals surface area contributed by atoms with Crippen LogP contribution in [0.1, 0.15) is 5.56 Å². The van der Waals surface area contributed by atoms with Crippen molar-refractivity contribution in [2.45, 2.75) is 6.92 Å². The zero-order chi connectivity index (χ0) is 19.8. The van der Waals surface area contributed by atoms with Crippen LogP contribution in [0, 0.1) is 12.7 Å². The maximum Gasteiger partial charge on any atom is 0.178 e. The first kappa shape index (κ1) is 17.2. The van der Waals surface area contributed by atoms with Gasteiger partial charge in [0.25, 0.3) is 0 Å². The van der Waals surface area contributed by atoms with Crippen LogP contribution in [0.15, 0.2) is 73.3 Å². The molecule has 0 unspecified atom stereocenters. The second-order valence-electron chi connectivity index (χ2n) is 6.81. The average molecular weight is 381 g/mol. The average Bonchev–Trinajstić information content (AvgIpc) is 3.17. The summed E-state index contributed by atoms with van der Waals surface area (Å²) in [4.78, 5) is 20.8. The molecule has 4 heterocycles. The molecule has 0 aliphatic rings. The summed E-state index contributed by atoms with van der Waals surface area (Å²) in [6.07, 6.45) is 6.18. The molecule has 0 radical (unpaired) electrons. The van der Waals surface area contributed by atoms with Crippen LogP contribution in [0.2, 0.25) is 0 Å². The summed E-state index contributed by atoms with van der Waals surface area (Å²) < 4.78 is 14.6. The Kier molecular flexibility index (Phi) is 4.09. The number of halogens is 1. The molecule has 1 N–H and O–H groups in total. The van der Waals surface area contributed by atoms with E-state index in [9.17, 15) is 4.39 Å². The van der Waals surface area contributed by atoms with Gasteiger partial charge in [-0.15, -0.1) is 0 Å². The number of nitrogens with one attached hydrogen (secondary N) is 1. The summed E-state index contributed by atoms with van der Waals surface area (Å²) in [6, 6.07) is 15.3. The topological polar surface area (TPSA) is 67.3 Å². The fourth-order valence-corrected chi connectivity index (χ4v) is 3.39. The number of rotatable bonds is 3. The Bertz CT molecular complexity index is 1330. The molecule has 4 aromatic heterocycles. The molecule has 0 fully saturated rings. The molecular weight excluding hydrogens is 365 g/mol. The van der Waals surface area contributed by atoms with Crippen LogP contribution >= 0.6 is 0 Å². The lowest BCUT2D eigenvalue weighted by molar-refractivity contribution is 0.625. The van der Waals surface area contributed by atoms with E-state index in [2.05, 4.69) is 26.0 Å². The highest BCUT2D eigenvalue weighted by molar-refractivity contribution is 5.89. The largest absolute Gasteiger partial charge is 0.337 e. The molecule has 0 saturated carbocycles. The van der Waals surface area contributed by atoms with E-state index in [4.69, 9.17) is 4.98 Å². The highest BCUT2D eigenvalue weighted by Gasteiger charge is 2.17. The van der Waals surface area contributed by atoms with Crippen LogP contribution in [0.3, 0.4) is 0 Å². The van der Waals surface area contributed by atoms with Crippen molar-refractivity contribution >= 4 is 11.2 Å². The van der Waals surface area contributed by atoms with Crippen molar-refractivity contribution in [2.75, 3.05) is 0 Å². The van der Waals surface area contributed by atoms with Crippen molar-refractivity contribution in [3.8, 4) is 33.8 Å². The summed E-state index contributed by atoms with van der Waals surface area (Å²) in [5.41, 5.74) is 5.93. The van der Waals surface area contributed by atoms with Gasteiger partial charge < -0.3 is 4.98 Å². The normalized spacial score (nSPS) is 11.1. The Hall–Kier alpha value is -3.93. The van der Waals surface area contributed by atoms with E-state index in [1.807, 2.05) is 43.3 Å². The van der Waals surface area contributed by atoms with E-state index in [0.29, 0.717) is 22.5 Å². The first-order valence-corrected chi connectivity index (χ1v) is 9.17. The number of pyridine rings is 3. The minimum atomic E-state index is -0.405. The Morgan fingerprint density at radius 1 is 0.828 bits per heavy atom. The zero-order valence-electron chi connectivity index (χ0n) is 15.6. The predicted molar refractivity (Wildman–Crippen MR) is 110 cm³/mol. The van der Waals surface area contributed by atoms with Gasteiger partial charge in [-0.2, -0.15) is 0 Å². The Labute approximate surface area is 166 Å². The summed E-state index contributed by atoms with van der Waals surface area (Å²) in [5.74, 6) is 0.318. The molecule has 6 heteroatoms. The Balaban J connectivity index is 1.77. The van der Waals surface area contributed by atoms with Gasteiger partial charge in [-0.05, 0) is 37.3 Å². The SMILES string of the molecule is Cc1cccc(-c2nc3nc(-c4cccnc4)c(-c4ccncc4F)cc3[nH]2)c1. The second kappa shape index (κ2) is 6.91. The van der Waals surface area contributed by atoms with Gasteiger partial charge in [-0.1, -0.05) is 23.8 Å². The number of aromatic amines is 1. The molecule has 1 aromatic carbocycles. The maximum atomic E-state index is 14.6. The minimum absolute atomic E-state index is 0.405. The van der Waals surface area contributed by atoms with Crippen molar-refractivity contribution in [3.63, 3.8) is 0 Å². The zero-order valence-corrected chi connectivity index (χ0v) is 15.6. The fourth-order valence-electron chi connectivity index (χ4n) is 3.39. The fraction of sp³-hybridized carbons (Fsp3) is 0.0435. The molecule has 5 aromatic rings. The molecule has 0 aliphatic carbocycles. The van der Waals surface area contributed by atoms with Crippen molar-refractivity contribution in [1.82, 2.24) is 24.9 Å². The standard InChI is InChI=1S/C23H16FN5/c1-14-4-2-5-15(10-14)22-27-20-11-18(17-7-9-26-13-19(17)24)21(28-23(20)29-22)16-6-3-8-25-12-16/h2-13H,1H3,(H,27,28,29). The minimum Gasteiger partial charge on any atom is -0.337 e. The summed E-state index contributed by atoms with van der Waals surface area (Å²) in [7, 11) is 0. The molecule has 0 bridgehead atoms. The molecular formula is C23H16FN5. The van der Waals surface area contributed by atoms with Crippen molar-refractivity contribution in [1.29, 1.82) is 0 Å². The highest BCUT2D eigenvalue weighted by atomic mass is 19.1. The van der Waals surface area contributed by atoms with E-state index >= 15 is 0 Å². The molecule has 29 heavy (non-hydrogen) atoms. The van der Waals surface area contributed by atoms with Gasteiger partial charge in [0.15, 0.2) is 5.65 Å².